The predicted octanol–water partition coefficient (Wildman–Crippen LogP) is 4.81. The van der Waals surface area contributed by atoms with Crippen LogP contribution >= 0.6 is 0 Å². The van der Waals surface area contributed by atoms with Crippen LogP contribution in [0.25, 0.3) is 5.65 Å². The van der Waals surface area contributed by atoms with Crippen LogP contribution in [0.3, 0.4) is 0 Å². The second-order valence-electron chi connectivity index (χ2n) is 12.3. The summed E-state index contributed by atoms with van der Waals surface area (Å²) in [5, 5.41) is 7.80. The minimum absolute atomic E-state index is 0.0144. The number of amides is 2. The largest absolute Gasteiger partial charge is 0.444 e. The third-order valence-corrected chi connectivity index (χ3v) is 7.99. The number of hydrogen-bond acceptors (Lipinski definition) is 7. The maximum absolute atomic E-state index is 13.8. The second kappa shape index (κ2) is 12.3. The lowest BCUT2D eigenvalue weighted by atomic mass is 9.98. The Hall–Kier alpha value is -3.87. The van der Waals surface area contributed by atoms with E-state index in [9.17, 15) is 22.8 Å². The van der Waals surface area contributed by atoms with E-state index in [1.807, 2.05) is 13.0 Å². The SMILES string of the molecule is Cc1c(Cc2c(CNC(=O)[C@@H]3CCCN3C(=O)OC(C)(C)C)nc3c(C)cc(N4CCOCC4)nn23)cccc1C(F)(F)F. The third-order valence-electron chi connectivity index (χ3n) is 7.99. The van der Waals surface area contributed by atoms with Gasteiger partial charge in [-0.15, -0.1) is 5.10 Å². The van der Waals surface area contributed by atoms with Gasteiger partial charge in [0.2, 0.25) is 5.91 Å². The zero-order valence-corrected chi connectivity index (χ0v) is 25.8. The zero-order chi connectivity index (χ0) is 31.8. The van der Waals surface area contributed by atoms with E-state index < -0.39 is 29.5 Å². The van der Waals surface area contributed by atoms with Crippen molar-refractivity contribution in [3.63, 3.8) is 0 Å². The van der Waals surface area contributed by atoms with Crippen LogP contribution in [-0.2, 0) is 33.4 Å². The molecule has 2 aliphatic heterocycles. The fourth-order valence-electron chi connectivity index (χ4n) is 5.74. The summed E-state index contributed by atoms with van der Waals surface area (Å²) in [5.74, 6) is 0.373. The van der Waals surface area contributed by atoms with Crippen LogP contribution < -0.4 is 10.2 Å². The van der Waals surface area contributed by atoms with Gasteiger partial charge in [-0.1, -0.05) is 12.1 Å². The minimum Gasteiger partial charge on any atom is -0.444 e. The molecule has 0 saturated carbocycles. The Balaban J connectivity index is 1.48. The number of nitrogens with one attached hydrogen (secondary N) is 1. The van der Waals surface area contributed by atoms with Crippen LogP contribution in [-0.4, -0.2) is 76.0 Å². The van der Waals surface area contributed by atoms with Gasteiger partial charge in [0.05, 0.1) is 36.7 Å². The molecule has 0 spiro atoms. The van der Waals surface area contributed by atoms with Gasteiger partial charge < -0.3 is 19.7 Å². The van der Waals surface area contributed by atoms with Gasteiger partial charge >= 0.3 is 12.3 Å². The molecular weight excluding hydrogens is 577 g/mol. The number of carbonyl (C=O) groups excluding carboxylic acids is 2. The van der Waals surface area contributed by atoms with Gasteiger partial charge in [0.25, 0.3) is 0 Å². The third kappa shape index (κ3) is 6.77. The molecule has 238 valence electrons. The number of aromatic nitrogens is 3. The fraction of sp³-hybridized carbons (Fsp3) is 0.548. The molecule has 2 amide bonds. The Labute approximate surface area is 254 Å². The number of fused-ring (bicyclic) bond motifs is 1. The van der Waals surface area contributed by atoms with Crippen LogP contribution in [0.5, 0.6) is 0 Å². The number of rotatable bonds is 6. The number of nitrogens with zero attached hydrogens (tertiary/aromatic N) is 5. The first kappa shape index (κ1) is 31.6. The van der Waals surface area contributed by atoms with E-state index in [1.54, 1.807) is 31.4 Å². The van der Waals surface area contributed by atoms with Crippen LogP contribution in [0, 0.1) is 13.8 Å². The lowest BCUT2D eigenvalue weighted by Gasteiger charge is -2.28. The molecule has 4 heterocycles. The molecule has 1 N–H and O–H groups in total. The molecule has 2 saturated heterocycles. The topological polar surface area (TPSA) is 101 Å². The maximum Gasteiger partial charge on any atom is 0.416 e. The van der Waals surface area contributed by atoms with Crippen molar-refractivity contribution in [2.75, 3.05) is 37.7 Å². The number of halogens is 3. The Morgan fingerprint density at radius 1 is 1.11 bits per heavy atom. The molecule has 5 rings (SSSR count). The summed E-state index contributed by atoms with van der Waals surface area (Å²) in [6, 6.07) is 5.39. The number of imidazole rings is 1. The van der Waals surface area contributed by atoms with Gasteiger partial charge in [-0.3, -0.25) is 9.69 Å². The van der Waals surface area contributed by atoms with Gasteiger partial charge in [0, 0.05) is 26.1 Å². The molecule has 44 heavy (non-hydrogen) atoms. The highest BCUT2D eigenvalue weighted by Gasteiger charge is 2.37. The van der Waals surface area contributed by atoms with Crippen molar-refractivity contribution in [1.29, 1.82) is 0 Å². The molecule has 0 radical (unpaired) electrons. The number of hydrogen-bond donors (Lipinski definition) is 1. The highest BCUT2D eigenvalue weighted by Crippen LogP contribution is 2.34. The molecule has 2 aliphatic rings. The van der Waals surface area contributed by atoms with E-state index in [-0.39, 0.29) is 24.4 Å². The number of benzene rings is 1. The summed E-state index contributed by atoms with van der Waals surface area (Å²) in [4.78, 5) is 34.5. The average Bonchev–Trinajstić information content (AvgIpc) is 3.58. The van der Waals surface area contributed by atoms with Crippen LogP contribution in [0.2, 0.25) is 0 Å². The van der Waals surface area contributed by atoms with E-state index in [4.69, 9.17) is 19.6 Å². The summed E-state index contributed by atoms with van der Waals surface area (Å²) < 4.78 is 53.9. The quantitative estimate of drug-likeness (QED) is 0.424. The highest BCUT2D eigenvalue weighted by molar-refractivity contribution is 5.86. The minimum atomic E-state index is -4.49. The summed E-state index contributed by atoms with van der Waals surface area (Å²) in [6.45, 7) is 11.6. The smallest absolute Gasteiger partial charge is 0.416 e. The van der Waals surface area contributed by atoms with E-state index in [1.165, 1.54) is 17.9 Å². The fourth-order valence-corrected chi connectivity index (χ4v) is 5.74. The molecule has 2 aromatic heterocycles. The van der Waals surface area contributed by atoms with Crippen molar-refractivity contribution in [2.45, 2.75) is 78.2 Å². The van der Waals surface area contributed by atoms with Crippen molar-refractivity contribution < 1.29 is 32.2 Å². The van der Waals surface area contributed by atoms with Crippen molar-refractivity contribution in [3.05, 3.63) is 57.9 Å². The van der Waals surface area contributed by atoms with Crippen molar-refractivity contribution in [1.82, 2.24) is 24.8 Å². The van der Waals surface area contributed by atoms with Gasteiger partial charge in [-0.2, -0.15) is 13.2 Å². The standard InChI is InChI=1S/C31H39F3N6O4/c1-19-16-26(38-12-14-43-15-13-38)37-40-25(17-21-8-6-9-22(20(21)2)31(32,33)34)23(36-27(19)40)18-35-28(41)24-10-7-11-39(24)29(42)44-30(3,4)5/h6,8-9,16,24H,7,10-15,17-18H2,1-5H3,(H,35,41)/t24-/m0/s1. The van der Waals surface area contributed by atoms with E-state index in [0.717, 1.165) is 11.6 Å². The van der Waals surface area contributed by atoms with Crippen LogP contribution in [0.4, 0.5) is 23.8 Å². The molecular formula is C31H39F3N6O4. The highest BCUT2D eigenvalue weighted by atomic mass is 19.4. The first-order valence-electron chi connectivity index (χ1n) is 14.9. The molecule has 3 aromatic rings. The summed E-state index contributed by atoms with van der Waals surface area (Å²) in [7, 11) is 0. The van der Waals surface area contributed by atoms with Gasteiger partial charge in [-0.25, -0.2) is 14.3 Å². The molecule has 0 unspecified atom stereocenters. The number of carbonyl (C=O) groups is 2. The van der Waals surface area contributed by atoms with E-state index in [2.05, 4.69) is 10.2 Å². The normalized spacial score (nSPS) is 17.8. The summed E-state index contributed by atoms with van der Waals surface area (Å²) in [6.07, 6.45) is -3.75. The molecule has 2 fully saturated rings. The molecule has 1 atom stereocenters. The lowest BCUT2D eigenvalue weighted by Crippen LogP contribution is -2.47. The number of aryl methyl sites for hydroxylation is 1. The van der Waals surface area contributed by atoms with Crippen molar-refractivity contribution in [2.24, 2.45) is 0 Å². The van der Waals surface area contributed by atoms with Crippen LogP contribution in [0.1, 0.15) is 67.3 Å². The number of ether oxygens (including phenoxy) is 2. The van der Waals surface area contributed by atoms with Crippen LogP contribution in [0.15, 0.2) is 24.3 Å². The lowest BCUT2D eigenvalue weighted by molar-refractivity contribution is -0.138. The number of morpholine rings is 1. The number of alkyl halides is 3. The summed E-state index contributed by atoms with van der Waals surface area (Å²) in [5.41, 5.74) is 1.69. The average molecular weight is 617 g/mol. The molecule has 1 aromatic carbocycles. The van der Waals surface area contributed by atoms with E-state index >= 15 is 0 Å². The van der Waals surface area contributed by atoms with Crippen molar-refractivity contribution >= 4 is 23.5 Å². The molecule has 0 bridgehead atoms. The predicted molar refractivity (Wildman–Crippen MR) is 158 cm³/mol. The second-order valence-corrected chi connectivity index (χ2v) is 12.3. The Kier molecular flexibility index (Phi) is 8.79. The Bertz CT molecular complexity index is 1540. The zero-order valence-electron chi connectivity index (χ0n) is 25.8. The van der Waals surface area contributed by atoms with Gasteiger partial charge in [0.15, 0.2) is 5.65 Å². The van der Waals surface area contributed by atoms with Crippen molar-refractivity contribution in [3.8, 4) is 0 Å². The molecule has 13 heteroatoms. The first-order chi connectivity index (χ1) is 20.7. The Morgan fingerprint density at radius 3 is 2.52 bits per heavy atom. The molecule has 0 aliphatic carbocycles. The molecule has 10 nitrogen and oxygen atoms in total. The maximum atomic E-state index is 13.8. The number of anilines is 1. The first-order valence-corrected chi connectivity index (χ1v) is 14.9. The van der Waals surface area contributed by atoms with Gasteiger partial charge in [0.1, 0.15) is 17.5 Å². The Morgan fingerprint density at radius 2 is 1.84 bits per heavy atom. The van der Waals surface area contributed by atoms with E-state index in [0.29, 0.717) is 74.1 Å². The number of likely N-dealkylation sites (tertiary alicyclic amines) is 1. The van der Waals surface area contributed by atoms with Gasteiger partial charge in [-0.05, 0) is 76.3 Å². The monoisotopic (exact) mass is 616 g/mol. The summed E-state index contributed by atoms with van der Waals surface area (Å²) >= 11 is 0.